The van der Waals surface area contributed by atoms with E-state index in [1.54, 1.807) is 0 Å². The summed E-state index contributed by atoms with van der Waals surface area (Å²) >= 11 is 0. The van der Waals surface area contributed by atoms with Gasteiger partial charge in [0.1, 0.15) is 11.6 Å². The van der Waals surface area contributed by atoms with E-state index in [9.17, 15) is 8.42 Å². The summed E-state index contributed by atoms with van der Waals surface area (Å²) in [5.74, 6) is 1.90. The Morgan fingerprint density at radius 2 is 2.16 bits per heavy atom. The van der Waals surface area contributed by atoms with E-state index in [0.29, 0.717) is 12.2 Å². The third kappa shape index (κ3) is 3.65. The number of nitrogens with zero attached hydrogens (tertiary/aromatic N) is 2. The highest BCUT2D eigenvalue weighted by molar-refractivity contribution is 7.91. The molecule has 1 fully saturated rings. The fourth-order valence-corrected chi connectivity index (χ4v) is 3.96. The number of aryl methyl sites for hydroxylation is 1. The second-order valence-electron chi connectivity index (χ2n) is 4.98. The van der Waals surface area contributed by atoms with Crippen LogP contribution in [0.25, 0.3) is 0 Å². The maximum Gasteiger partial charge on any atom is 0.151 e. The van der Waals surface area contributed by atoms with E-state index < -0.39 is 9.84 Å². The summed E-state index contributed by atoms with van der Waals surface area (Å²) in [4.78, 5) is 8.97. The highest BCUT2D eigenvalue weighted by Crippen LogP contribution is 2.27. The van der Waals surface area contributed by atoms with E-state index in [0.717, 1.165) is 30.9 Å². The Hall–Kier alpha value is -1.17. The first kappa shape index (κ1) is 14.2. The van der Waals surface area contributed by atoms with Gasteiger partial charge in [-0.25, -0.2) is 18.4 Å². The van der Waals surface area contributed by atoms with E-state index in [1.807, 2.05) is 13.0 Å². The lowest BCUT2D eigenvalue weighted by Crippen LogP contribution is -2.11. The summed E-state index contributed by atoms with van der Waals surface area (Å²) in [6.45, 7) is 5.00. The summed E-state index contributed by atoms with van der Waals surface area (Å²) < 4.78 is 23.1. The van der Waals surface area contributed by atoms with Gasteiger partial charge in [0.05, 0.1) is 11.5 Å². The van der Waals surface area contributed by atoms with Crippen LogP contribution in [-0.4, -0.2) is 36.4 Å². The summed E-state index contributed by atoms with van der Waals surface area (Å²) in [7, 11) is -2.89. The molecule has 1 aromatic heterocycles. The summed E-state index contributed by atoms with van der Waals surface area (Å²) in [5.41, 5.74) is 0.966. The van der Waals surface area contributed by atoms with Crippen molar-refractivity contribution in [2.24, 2.45) is 0 Å². The first-order valence-corrected chi connectivity index (χ1v) is 8.68. The van der Waals surface area contributed by atoms with Crippen LogP contribution in [0.5, 0.6) is 0 Å². The molecule has 0 radical (unpaired) electrons. The largest absolute Gasteiger partial charge is 0.370 e. The predicted molar refractivity (Wildman–Crippen MR) is 76.2 cm³/mol. The van der Waals surface area contributed by atoms with Crippen molar-refractivity contribution in [3.8, 4) is 0 Å². The van der Waals surface area contributed by atoms with Crippen LogP contribution in [0, 0.1) is 0 Å². The lowest BCUT2D eigenvalue weighted by atomic mass is 10.1. The zero-order valence-corrected chi connectivity index (χ0v) is 12.3. The van der Waals surface area contributed by atoms with Crippen LogP contribution in [0.2, 0.25) is 0 Å². The van der Waals surface area contributed by atoms with Crippen molar-refractivity contribution in [3.63, 3.8) is 0 Å². The number of hydrogen-bond acceptors (Lipinski definition) is 5. The fraction of sp³-hybridized carbons (Fsp3) is 0.692. The first-order valence-electron chi connectivity index (χ1n) is 6.86. The van der Waals surface area contributed by atoms with Gasteiger partial charge in [-0.15, -0.1) is 0 Å². The molecular weight excluding hydrogens is 262 g/mol. The number of nitrogens with one attached hydrogen (secondary N) is 1. The van der Waals surface area contributed by atoms with Crippen LogP contribution in [0.3, 0.4) is 0 Å². The van der Waals surface area contributed by atoms with E-state index >= 15 is 0 Å². The molecule has 1 aliphatic rings. The van der Waals surface area contributed by atoms with Gasteiger partial charge in [-0.2, -0.15) is 0 Å². The molecule has 5 nitrogen and oxygen atoms in total. The Morgan fingerprint density at radius 1 is 1.37 bits per heavy atom. The molecule has 106 valence electrons. The van der Waals surface area contributed by atoms with Gasteiger partial charge in [-0.1, -0.05) is 13.8 Å². The third-order valence-corrected chi connectivity index (χ3v) is 5.08. The maximum atomic E-state index is 11.6. The van der Waals surface area contributed by atoms with Crippen molar-refractivity contribution in [2.45, 2.75) is 39.0 Å². The van der Waals surface area contributed by atoms with Crippen LogP contribution in [0.1, 0.15) is 44.1 Å². The van der Waals surface area contributed by atoms with Crippen LogP contribution in [0.4, 0.5) is 5.82 Å². The zero-order chi connectivity index (χ0) is 13.9. The van der Waals surface area contributed by atoms with Crippen LogP contribution in [-0.2, 0) is 16.3 Å². The lowest BCUT2D eigenvalue weighted by molar-refractivity contribution is 0.601. The number of anilines is 1. The Labute approximate surface area is 114 Å². The number of hydrogen-bond donors (Lipinski definition) is 1. The van der Waals surface area contributed by atoms with Gasteiger partial charge in [0, 0.05) is 24.2 Å². The minimum atomic E-state index is -2.89. The minimum absolute atomic E-state index is 0.0429. The number of aromatic nitrogens is 2. The second-order valence-corrected chi connectivity index (χ2v) is 7.21. The number of sulfone groups is 1. The monoisotopic (exact) mass is 283 g/mol. The van der Waals surface area contributed by atoms with Gasteiger partial charge in [0.25, 0.3) is 0 Å². The molecule has 1 atom stereocenters. The standard InChI is InChI=1S/C13H21N3O2S/c1-3-6-14-12-8-11(4-2)15-13(16-12)10-5-7-19(17,18)9-10/h8,10H,3-7,9H2,1-2H3,(H,14,15,16). The van der Waals surface area contributed by atoms with Crippen LogP contribution >= 0.6 is 0 Å². The van der Waals surface area contributed by atoms with Crippen molar-refractivity contribution in [1.29, 1.82) is 0 Å². The van der Waals surface area contributed by atoms with E-state index in [4.69, 9.17) is 0 Å². The molecular formula is C13H21N3O2S. The van der Waals surface area contributed by atoms with Gasteiger partial charge in [-0.3, -0.25) is 0 Å². The molecule has 0 aliphatic carbocycles. The smallest absolute Gasteiger partial charge is 0.151 e. The Morgan fingerprint density at radius 3 is 2.74 bits per heavy atom. The lowest BCUT2D eigenvalue weighted by Gasteiger charge is -2.11. The van der Waals surface area contributed by atoms with E-state index in [-0.39, 0.29) is 17.4 Å². The molecule has 0 amide bonds. The van der Waals surface area contributed by atoms with Gasteiger partial charge < -0.3 is 5.32 Å². The molecule has 6 heteroatoms. The average molecular weight is 283 g/mol. The minimum Gasteiger partial charge on any atom is -0.370 e. The molecule has 0 bridgehead atoms. The van der Waals surface area contributed by atoms with E-state index in [1.165, 1.54) is 0 Å². The maximum absolute atomic E-state index is 11.6. The molecule has 0 aromatic carbocycles. The van der Waals surface area contributed by atoms with Crippen molar-refractivity contribution >= 4 is 15.7 Å². The SMILES string of the molecule is CCCNc1cc(CC)nc(C2CCS(=O)(=O)C2)n1. The molecule has 2 rings (SSSR count). The topological polar surface area (TPSA) is 72.0 Å². The van der Waals surface area contributed by atoms with Gasteiger partial charge in [-0.05, 0) is 19.3 Å². The highest BCUT2D eigenvalue weighted by Gasteiger charge is 2.31. The summed E-state index contributed by atoms with van der Waals surface area (Å²) in [5, 5.41) is 3.25. The van der Waals surface area contributed by atoms with E-state index in [2.05, 4.69) is 22.2 Å². The molecule has 1 unspecified atom stereocenters. The average Bonchev–Trinajstić information content (AvgIpc) is 2.76. The molecule has 2 heterocycles. The molecule has 0 spiro atoms. The Kier molecular flexibility index (Phi) is 4.39. The predicted octanol–water partition coefficient (Wildman–Crippen LogP) is 1.76. The number of rotatable bonds is 5. The van der Waals surface area contributed by atoms with Gasteiger partial charge in [0.2, 0.25) is 0 Å². The Bertz CT molecular complexity index is 543. The van der Waals surface area contributed by atoms with Crippen molar-refractivity contribution in [3.05, 3.63) is 17.6 Å². The van der Waals surface area contributed by atoms with Crippen molar-refractivity contribution in [2.75, 3.05) is 23.4 Å². The molecule has 0 saturated carbocycles. The van der Waals surface area contributed by atoms with Crippen molar-refractivity contribution < 1.29 is 8.42 Å². The summed E-state index contributed by atoms with van der Waals surface area (Å²) in [6, 6.07) is 1.95. The first-order chi connectivity index (χ1) is 9.04. The molecule has 1 saturated heterocycles. The molecule has 19 heavy (non-hydrogen) atoms. The fourth-order valence-electron chi connectivity index (χ4n) is 2.22. The molecule has 1 aliphatic heterocycles. The normalized spacial score (nSPS) is 21.5. The third-order valence-electron chi connectivity index (χ3n) is 3.31. The van der Waals surface area contributed by atoms with Gasteiger partial charge >= 0.3 is 0 Å². The van der Waals surface area contributed by atoms with Crippen molar-refractivity contribution in [1.82, 2.24) is 9.97 Å². The zero-order valence-electron chi connectivity index (χ0n) is 11.5. The van der Waals surface area contributed by atoms with Crippen LogP contribution in [0.15, 0.2) is 6.07 Å². The molecule has 1 aromatic rings. The Balaban J connectivity index is 2.24. The summed E-state index contributed by atoms with van der Waals surface area (Å²) in [6.07, 6.45) is 2.50. The highest BCUT2D eigenvalue weighted by atomic mass is 32.2. The quantitative estimate of drug-likeness (QED) is 0.891. The van der Waals surface area contributed by atoms with Crippen LogP contribution < -0.4 is 5.32 Å². The second kappa shape index (κ2) is 5.86. The molecule has 1 N–H and O–H groups in total. The van der Waals surface area contributed by atoms with Gasteiger partial charge in [0.15, 0.2) is 9.84 Å².